The van der Waals surface area contributed by atoms with Crippen LogP contribution in [0, 0.1) is 15.3 Å². The van der Waals surface area contributed by atoms with E-state index in [9.17, 15) is 24.9 Å². The Kier molecular flexibility index (Phi) is 5.35. The van der Waals surface area contributed by atoms with Crippen molar-refractivity contribution in [1.82, 2.24) is 4.98 Å². The topological polar surface area (TPSA) is 136 Å². The van der Waals surface area contributed by atoms with Crippen LogP contribution in [0.25, 0.3) is 11.0 Å². The molecular formula is C19H15N3O7. The molecule has 0 aliphatic rings. The Morgan fingerprint density at radius 1 is 1.17 bits per heavy atom. The van der Waals surface area contributed by atoms with Gasteiger partial charge in [0.2, 0.25) is 11.3 Å². The Balaban J connectivity index is 1.90. The van der Waals surface area contributed by atoms with Gasteiger partial charge in [-0.05, 0) is 24.3 Å². The van der Waals surface area contributed by atoms with Crippen molar-refractivity contribution in [2.75, 3.05) is 7.11 Å². The van der Waals surface area contributed by atoms with Crippen molar-refractivity contribution in [3.05, 3.63) is 74.7 Å². The summed E-state index contributed by atoms with van der Waals surface area (Å²) in [5, 5.41) is 23.4. The van der Waals surface area contributed by atoms with E-state index in [0.717, 1.165) is 0 Å². The van der Waals surface area contributed by atoms with Crippen molar-refractivity contribution < 1.29 is 28.7 Å². The van der Waals surface area contributed by atoms with E-state index < -0.39 is 23.3 Å². The molecule has 2 aromatic carbocycles. The lowest BCUT2D eigenvalue weighted by atomic mass is 10.2. The first-order chi connectivity index (χ1) is 13.8. The average molecular weight is 397 g/mol. The number of aromatic nitrogens is 2. The SMILES string of the molecule is COc1ccc2nc(COC(=O)c3ccc([N+](=O)[O-])cc3)c(C(C)=O)[n+]([O-])c2c1. The van der Waals surface area contributed by atoms with Gasteiger partial charge in [0.15, 0.2) is 5.69 Å². The fourth-order valence-electron chi connectivity index (χ4n) is 2.71. The van der Waals surface area contributed by atoms with Crippen LogP contribution in [0.5, 0.6) is 5.75 Å². The van der Waals surface area contributed by atoms with Crippen LogP contribution in [0.1, 0.15) is 33.5 Å². The van der Waals surface area contributed by atoms with Gasteiger partial charge in [-0.2, -0.15) is 4.73 Å². The Morgan fingerprint density at radius 2 is 1.86 bits per heavy atom. The fraction of sp³-hybridized carbons (Fsp3) is 0.158. The number of carbonyl (C=O) groups excluding carboxylic acids is 2. The van der Waals surface area contributed by atoms with Crippen molar-refractivity contribution in [3.63, 3.8) is 0 Å². The number of nitrogens with zero attached hydrogens (tertiary/aromatic N) is 3. The first-order valence-electron chi connectivity index (χ1n) is 8.34. The zero-order valence-electron chi connectivity index (χ0n) is 15.4. The van der Waals surface area contributed by atoms with Gasteiger partial charge in [0.25, 0.3) is 11.4 Å². The summed E-state index contributed by atoms with van der Waals surface area (Å²) < 4.78 is 10.7. The number of rotatable bonds is 6. The van der Waals surface area contributed by atoms with E-state index >= 15 is 0 Å². The number of carbonyl (C=O) groups is 2. The smallest absolute Gasteiger partial charge is 0.338 e. The molecule has 0 fully saturated rings. The zero-order chi connectivity index (χ0) is 21.1. The highest BCUT2D eigenvalue weighted by molar-refractivity contribution is 5.93. The summed E-state index contributed by atoms with van der Waals surface area (Å²) in [5.41, 5.74) is 0.106. The van der Waals surface area contributed by atoms with Crippen molar-refractivity contribution in [1.29, 1.82) is 0 Å². The number of ether oxygens (including phenoxy) is 2. The van der Waals surface area contributed by atoms with Crippen LogP contribution < -0.4 is 9.47 Å². The minimum Gasteiger partial charge on any atom is -0.618 e. The predicted octanol–water partition coefficient (Wildman–Crippen LogP) is 2.34. The molecule has 10 nitrogen and oxygen atoms in total. The molecule has 0 N–H and O–H groups in total. The number of ketones is 1. The van der Waals surface area contributed by atoms with Gasteiger partial charge in [0.1, 0.15) is 17.9 Å². The number of Topliss-reactive ketones (excluding diaryl/α,β-unsaturated/α-hetero) is 1. The Labute approximate surface area is 164 Å². The first kappa shape index (κ1) is 19.7. The van der Waals surface area contributed by atoms with Gasteiger partial charge in [0.05, 0.1) is 23.7 Å². The second kappa shape index (κ2) is 7.89. The number of benzene rings is 2. The maximum absolute atomic E-state index is 12.7. The van der Waals surface area contributed by atoms with Gasteiger partial charge in [-0.3, -0.25) is 14.9 Å². The highest BCUT2D eigenvalue weighted by atomic mass is 16.6. The van der Waals surface area contributed by atoms with Crippen molar-refractivity contribution in [2.24, 2.45) is 0 Å². The highest BCUT2D eigenvalue weighted by Crippen LogP contribution is 2.19. The molecule has 0 aliphatic carbocycles. The number of methoxy groups -OCH3 is 1. The molecule has 0 bridgehead atoms. The zero-order valence-corrected chi connectivity index (χ0v) is 15.4. The van der Waals surface area contributed by atoms with Crippen LogP contribution in [-0.2, 0) is 11.3 Å². The minimum absolute atomic E-state index is 0.000397. The van der Waals surface area contributed by atoms with E-state index in [2.05, 4.69) is 4.98 Å². The van der Waals surface area contributed by atoms with Gasteiger partial charge in [-0.25, -0.2) is 9.78 Å². The van der Waals surface area contributed by atoms with Crippen LogP contribution in [0.15, 0.2) is 42.5 Å². The molecule has 0 saturated carbocycles. The summed E-state index contributed by atoms with van der Waals surface area (Å²) in [7, 11) is 1.45. The Morgan fingerprint density at radius 3 is 2.45 bits per heavy atom. The summed E-state index contributed by atoms with van der Waals surface area (Å²) in [5.74, 6) is -0.891. The first-order valence-corrected chi connectivity index (χ1v) is 8.34. The molecule has 10 heteroatoms. The fourth-order valence-corrected chi connectivity index (χ4v) is 2.71. The third-order valence-electron chi connectivity index (χ3n) is 4.12. The molecule has 1 heterocycles. The molecule has 148 valence electrons. The van der Waals surface area contributed by atoms with E-state index in [0.29, 0.717) is 16.0 Å². The average Bonchev–Trinajstić information content (AvgIpc) is 2.71. The lowest BCUT2D eigenvalue weighted by molar-refractivity contribution is -0.580. The number of hydrogen-bond acceptors (Lipinski definition) is 8. The normalized spacial score (nSPS) is 10.6. The van der Waals surface area contributed by atoms with Crippen LogP contribution in [-0.4, -0.2) is 28.8 Å². The molecule has 0 spiro atoms. The molecule has 3 rings (SSSR count). The molecule has 0 amide bonds. The van der Waals surface area contributed by atoms with Crippen LogP contribution in [0.4, 0.5) is 5.69 Å². The summed E-state index contributed by atoms with van der Waals surface area (Å²) in [4.78, 5) is 38.6. The van der Waals surface area contributed by atoms with E-state index in [4.69, 9.17) is 9.47 Å². The number of non-ortho nitro benzene ring substituents is 1. The van der Waals surface area contributed by atoms with Crippen molar-refractivity contribution in [3.8, 4) is 5.75 Å². The van der Waals surface area contributed by atoms with Gasteiger partial charge in [0, 0.05) is 19.1 Å². The van der Waals surface area contributed by atoms with Gasteiger partial charge in [-0.1, -0.05) is 0 Å². The number of fused-ring (bicyclic) bond motifs is 1. The van der Waals surface area contributed by atoms with E-state index in [1.54, 1.807) is 12.1 Å². The molecule has 29 heavy (non-hydrogen) atoms. The summed E-state index contributed by atoms with van der Waals surface area (Å²) in [6.45, 7) is 0.786. The maximum atomic E-state index is 12.7. The minimum atomic E-state index is -0.775. The third-order valence-corrected chi connectivity index (χ3v) is 4.12. The number of hydrogen-bond donors (Lipinski definition) is 0. The Bertz CT molecular complexity index is 1130. The lowest BCUT2D eigenvalue weighted by Gasteiger charge is -2.11. The predicted molar refractivity (Wildman–Crippen MR) is 99.5 cm³/mol. The molecule has 0 radical (unpaired) electrons. The van der Waals surface area contributed by atoms with Gasteiger partial charge >= 0.3 is 5.97 Å². The largest absolute Gasteiger partial charge is 0.618 e. The molecule has 0 unspecified atom stereocenters. The van der Waals surface area contributed by atoms with E-state index in [-0.39, 0.29) is 28.2 Å². The maximum Gasteiger partial charge on any atom is 0.338 e. The number of nitro benzene ring substituents is 1. The highest BCUT2D eigenvalue weighted by Gasteiger charge is 2.25. The molecular weight excluding hydrogens is 382 g/mol. The summed E-state index contributed by atoms with van der Waals surface area (Å²) in [6, 6.07) is 9.45. The van der Waals surface area contributed by atoms with Gasteiger partial charge in [-0.15, -0.1) is 0 Å². The molecule has 0 saturated heterocycles. The number of nitro groups is 1. The second-order valence-electron chi connectivity index (χ2n) is 5.99. The summed E-state index contributed by atoms with van der Waals surface area (Å²) >= 11 is 0. The molecule has 1 aromatic heterocycles. The molecule has 0 aliphatic heterocycles. The third kappa shape index (κ3) is 3.95. The summed E-state index contributed by atoms with van der Waals surface area (Å²) in [6.07, 6.45) is 0. The van der Waals surface area contributed by atoms with Gasteiger partial charge < -0.3 is 14.7 Å². The quantitative estimate of drug-likeness (QED) is 0.154. The van der Waals surface area contributed by atoms with E-state index in [1.165, 1.54) is 44.4 Å². The monoisotopic (exact) mass is 397 g/mol. The van der Waals surface area contributed by atoms with Crippen molar-refractivity contribution in [2.45, 2.75) is 13.5 Å². The molecule has 3 aromatic rings. The Hall–Kier alpha value is -4.08. The van der Waals surface area contributed by atoms with Crippen LogP contribution in [0.2, 0.25) is 0 Å². The van der Waals surface area contributed by atoms with Crippen LogP contribution >= 0.6 is 0 Å². The standard InChI is InChI=1S/C19H15N3O7/c1-11(23)18-16(20-15-8-7-14(28-2)9-17(15)21(18)25)10-29-19(24)12-3-5-13(6-4-12)22(26)27/h3-9H,10H2,1-2H3. The number of esters is 1. The second-order valence-corrected chi connectivity index (χ2v) is 5.99. The lowest BCUT2D eigenvalue weighted by Crippen LogP contribution is -2.37. The van der Waals surface area contributed by atoms with Crippen molar-refractivity contribution >= 4 is 28.5 Å². The van der Waals surface area contributed by atoms with Crippen LogP contribution in [0.3, 0.4) is 0 Å². The molecule has 0 atom stereocenters. The van der Waals surface area contributed by atoms with E-state index in [1.807, 2.05) is 0 Å².